The lowest BCUT2D eigenvalue weighted by Gasteiger charge is -2.03. The van der Waals surface area contributed by atoms with Gasteiger partial charge in [-0.3, -0.25) is 0 Å². The molecule has 0 aliphatic carbocycles. The zero-order chi connectivity index (χ0) is 13.2. The SMILES string of the molecule is Nc1[15n]nnc2c1c(C#[15N])cn2Cc1ccccc1. The molecule has 0 aliphatic rings. The molecule has 2 N–H and O–H groups in total. The maximum atomic E-state index is 9.14. The lowest BCUT2D eigenvalue weighted by atomic mass is 10.2. The van der Waals surface area contributed by atoms with Crippen LogP contribution in [0.4, 0.5) is 5.82 Å². The van der Waals surface area contributed by atoms with Crippen molar-refractivity contribution in [2.45, 2.75) is 6.54 Å². The van der Waals surface area contributed by atoms with Gasteiger partial charge in [0.2, 0.25) is 0 Å². The molecule has 19 heavy (non-hydrogen) atoms. The number of hydrogen-bond acceptors (Lipinski definition) is 5. The number of fused-ring (bicyclic) bond motifs is 1. The highest BCUT2D eigenvalue weighted by molar-refractivity contribution is 5.91. The van der Waals surface area contributed by atoms with Gasteiger partial charge in [0, 0.05) is 12.7 Å². The van der Waals surface area contributed by atoms with Crippen LogP contribution < -0.4 is 5.73 Å². The molecule has 0 spiro atoms. The van der Waals surface area contributed by atoms with Crippen LogP contribution in [0.5, 0.6) is 0 Å². The van der Waals surface area contributed by atoms with Crippen LogP contribution in [0.3, 0.4) is 0 Å². The first-order chi connectivity index (χ1) is 9.29. The summed E-state index contributed by atoms with van der Waals surface area (Å²) >= 11 is 0. The summed E-state index contributed by atoms with van der Waals surface area (Å²) < 4.78 is 1.86. The molecule has 0 saturated heterocycles. The van der Waals surface area contributed by atoms with Crippen molar-refractivity contribution in [1.29, 1.82) is 5.26 Å². The Labute approximate surface area is 109 Å². The Balaban J connectivity index is 2.15. The van der Waals surface area contributed by atoms with Gasteiger partial charge in [-0.1, -0.05) is 30.3 Å². The van der Waals surface area contributed by atoms with Gasteiger partial charge in [-0.05, 0) is 10.8 Å². The molecule has 2 heterocycles. The van der Waals surface area contributed by atoms with E-state index in [1.54, 1.807) is 6.20 Å². The zero-order valence-corrected chi connectivity index (χ0v) is 9.98. The van der Waals surface area contributed by atoms with Crippen molar-refractivity contribution in [3.05, 3.63) is 47.7 Å². The highest BCUT2D eigenvalue weighted by Gasteiger charge is 2.14. The molecule has 0 fully saturated rings. The first-order valence-electron chi connectivity index (χ1n) is 5.71. The highest BCUT2D eigenvalue weighted by Crippen LogP contribution is 2.23. The van der Waals surface area contributed by atoms with Gasteiger partial charge < -0.3 is 10.3 Å². The van der Waals surface area contributed by atoms with Gasteiger partial charge >= 0.3 is 0 Å². The molecule has 2 aromatic heterocycles. The van der Waals surface area contributed by atoms with E-state index in [0.29, 0.717) is 23.1 Å². The van der Waals surface area contributed by atoms with Crippen molar-refractivity contribution in [1.82, 2.24) is 20.0 Å². The molecule has 0 unspecified atom stereocenters. The Morgan fingerprint density at radius 1 is 1.21 bits per heavy atom. The molecule has 92 valence electrons. The molecular weight excluding hydrogens is 242 g/mol. The maximum Gasteiger partial charge on any atom is 0.169 e. The normalized spacial score (nSPS) is 10.5. The molecule has 0 radical (unpaired) electrons. The summed E-state index contributed by atoms with van der Waals surface area (Å²) in [6.07, 6.45) is 1.73. The van der Waals surface area contributed by atoms with E-state index < -0.39 is 0 Å². The minimum Gasteiger partial charge on any atom is -0.381 e. The summed E-state index contributed by atoms with van der Waals surface area (Å²) in [5, 5.41) is 21.0. The van der Waals surface area contributed by atoms with Gasteiger partial charge in [0.1, 0.15) is 6.07 Å². The van der Waals surface area contributed by atoms with Crippen LogP contribution in [0.15, 0.2) is 36.5 Å². The topological polar surface area (TPSA) is 93.4 Å². The van der Waals surface area contributed by atoms with Crippen molar-refractivity contribution in [3.8, 4) is 6.07 Å². The Kier molecular flexibility index (Phi) is 2.58. The Hall–Kier alpha value is -2.94. The predicted molar refractivity (Wildman–Crippen MR) is 70.0 cm³/mol. The zero-order valence-electron chi connectivity index (χ0n) is 9.98. The fraction of sp³-hybridized carbons (Fsp3) is 0.0769. The molecule has 6 heteroatoms. The number of nitrogen functional groups attached to an aromatic ring is 1. The second-order valence-electron chi connectivity index (χ2n) is 4.14. The maximum absolute atomic E-state index is 9.14. The first kappa shape index (κ1) is 11.2. The number of nitrogens with two attached hydrogens (primary N) is 1. The lowest BCUT2D eigenvalue weighted by molar-refractivity contribution is 0.795. The molecular formula is C13H10N6. The van der Waals surface area contributed by atoms with Gasteiger partial charge in [-0.15, -0.1) is 10.2 Å². The first-order valence-corrected chi connectivity index (χ1v) is 5.71. The Morgan fingerprint density at radius 3 is 2.74 bits per heavy atom. The van der Waals surface area contributed by atoms with Crippen LogP contribution in [-0.4, -0.2) is 20.0 Å². The van der Waals surface area contributed by atoms with Crippen molar-refractivity contribution in [3.63, 3.8) is 0 Å². The van der Waals surface area contributed by atoms with Gasteiger partial charge in [-0.25, -0.2) is 0 Å². The van der Waals surface area contributed by atoms with Crippen LogP contribution >= 0.6 is 0 Å². The monoisotopic (exact) mass is 252 g/mol. The Bertz CT molecular complexity index is 769. The minimum absolute atomic E-state index is 0.230. The molecule has 0 bridgehead atoms. The van der Waals surface area contributed by atoms with Crippen molar-refractivity contribution < 1.29 is 0 Å². The Morgan fingerprint density at radius 2 is 2.00 bits per heavy atom. The predicted octanol–water partition coefficient (Wildman–Crippen LogP) is 1.33. The van der Waals surface area contributed by atoms with E-state index in [0.717, 1.165) is 5.56 Å². The number of nitrogens with zero attached hydrogens (tertiary/aromatic N) is 5. The lowest BCUT2D eigenvalue weighted by Crippen LogP contribution is -2.02. The van der Waals surface area contributed by atoms with Crippen LogP contribution in [0.25, 0.3) is 11.0 Å². The molecule has 0 aliphatic heterocycles. The number of rotatable bonds is 2. The van der Waals surface area contributed by atoms with Crippen molar-refractivity contribution in [2.75, 3.05) is 5.73 Å². The second-order valence-corrected chi connectivity index (χ2v) is 4.14. The smallest absolute Gasteiger partial charge is 0.169 e. The second kappa shape index (κ2) is 4.38. The quantitative estimate of drug-likeness (QED) is 0.694. The van der Waals surface area contributed by atoms with Crippen LogP contribution in [0, 0.1) is 11.3 Å². The molecule has 0 saturated carbocycles. The van der Waals surface area contributed by atoms with E-state index in [1.165, 1.54) is 0 Å². The van der Waals surface area contributed by atoms with E-state index in [1.807, 2.05) is 34.9 Å². The molecule has 0 atom stereocenters. The van der Waals surface area contributed by atoms with Gasteiger partial charge in [0.05, 0.1) is 10.9 Å². The van der Waals surface area contributed by atoms with E-state index in [4.69, 9.17) is 11.0 Å². The summed E-state index contributed by atoms with van der Waals surface area (Å²) in [5.74, 6) is 0.230. The summed E-state index contributed by atoms with van der Waals surface area (Å²) in [6.45, 7) is 0.608. The summed E-state index contributed by atoms with van der Waals surface area (Å²) in [5.41, 5.74) is 7.91. The molecule has 0 amide bonds. The van der Waals surface area contributed by atoms with E-state index in [-0.39, 0.29) is 5.82 Å². The standard InChI is InChI=1S/C13H10N6/c14-6-10-8-19(7-9-4-2-1-3-5-9)13-11(10)12(15)16-18-17-13/h1-5,8H,7H2,(H2,15,16,17)/i14+1,16+1. The van der Waals surface area contributed by atoms with Gasteiger partial charge in [0.15, 0.2) is 11.5 Å². The summed E-state index contributed by atoms with van der Waals surface area (Å²) in [6, 6.07) is 12.0. The van der Waals surface area contributed by atoms with Crippen molar-refractivity contribution in [2.24, 2.45) is 0 Å². The van der Waals surface area contributed by atoms with Gasteiger partial charge in [0.25, 0.3) is 0 Å². The van der Waals surface area contributed by atoms with E-state index >= 15 is 0 Å². The number of nitriles is 1. The van der Waals surface area contributed by atoms with Crippen LogP contribution in [0.2, 0.25) is 0 Å². The highest BCUT2D eigenvalue weighted by atomic mass is 15.7. The third-order valence-electron chi connectivity index (χ3n) is 2.91. The summed E-state index contributed by atoms with van der Waals surface area (Å²) in [7, 11) is 0. The molecule has 3 aromatic rings. The number of hydrogen-bond donors (Lipinski definition) is 1. The van der Waals surface area contributed by atoms with Crippen molar-refractivity contribution >= 4 is 16.9 Å². The average molecular weight is 252 g/mol. The van der Waals surface area contributed by atoms with Crippen LogP contribution in [-0.2, 0) is 6.54 Å². The average Bonchev–Trinajstić information content (AvgIpc) is 2.80. The number of benzene rings is 1. The summed E-state index contributed by atoms with van der Waals surface area (Å²) in [4.78, 5) is 0. The molecule has 1 aromatic carbocycles. The fourth-order valence-electron chi connectivity index (χ4n) is 2.05. The fourth-order valence-corrected chi connectivity index (χ4v) is 2.05. The molecule has 6 nitrogen and oxygen atoms in total. The van der Waals surface area contributed by atoms with Crippen LogP contribution in [0.1, 0.15) is 11.1 Å². The van der Waals surface area contributed by atoms with E-state index in [9.17, 15) is 0 Å². The third kappa shape index (κ3) is 1.87. The van der Waals surface area contributed by atoms with Gasteiger partial charge in [-0.2, -0.15) is 5.26 Å². The minimum atomic E-state index is 0.230. The number of aromatic nitrogens is 4. The molecule has 3 rings (SSSR count). The third-order valence-corrected chi connectivity index (χ3v) is 2.91. The largest absolute Gasteiger partial charge is 0.381 e. The number of anilines is 1. The van der Waals surface area contributed by atoms with E-state index in [2.05, 4.69) is 21.5 Å².